The Morgan fingerprint density at radius 1 is 1.12 bits per heavy atom. The van der Waals surface area contributed by atoms with Gasteiger partial charge in [-0.05, 0) is 46.5 Å². The summed E-state index contributed by atoms with van der Waals surface area (Å²) in [5.41, 5.74) is -0.0253. The van der Waals surface area contributed by atoms with Crippen molar-refractivity contribution in [2.75, 3.05) is 7.11 Å². The third kappa shape index (κ3) is 7.24. The number of methoxy groups -OCH3 is 1. The first-order chi connectivity index (χ1) is 7.30. The molecule has 3 unspecified atom stereocenters. The first kappa shape index (κ1) is 15.9. The highest BCUT2D eigenvalue weighted by molar-refractivity contribution is 4.77. The number of hydrogen-bond acceptors (Lipinski definition) is 2. The molecular formula is C14H31NO. The maximum atomic E-state index is 5.45. The fourth-order valence-electron chi connectivity index (χ4n) is 2.20. The lowest BCUT2D eigenvalue weighted by Crippen LogP contribution is -2.40. The van der Waals surface area contributed by atoms with Gasteiger partial charge in [0.25, 0.3) is 0 Å². The summed E-state index contributed by atoms with van der Waals surface area (Å²) in [5.74, 6) is 0.810. The summed E-state index contributed by atoms with van der Waals surface area (Å²) < 4.78 is 5.45. The molecule has 0 aliphatic rings. The van der Waals surface area contributed by atoms with Crippen molar-refractivity contribution in [3.05, 3.63) is 0 Å². The largest absolute Gasteiger partial charge is 0.379 e. The van der Waals surface area contributed by atoms with Gasteiger partial charge in [0.15, 0.2) is 0 Å². The predicted molar refractivity (Wildman–Crippen MR) is 71.8 cm³/mol. The minimum Gasteiger partial charge on any atom is -0.379 e. The molecular weight excluding hydrogens is 198 g/mol. The van der Waals surface area contributed by atoms with Crippen LogP contribution in [-0.4, -0.2) is 24.8 Å². The van der Waals surface area contributed by atoms with Gasteiger partial charge in [0.2, 0.25) is 0 Å². The van der Waals surface area contributed by atoms with Crippen LogP contribution < -0.4 is 5.32 Å². The van der Waals surface area contributed by atoms with E-state index >= 15 is 0 Å². The van der Waals surface area contributed by atoms with Crippen molar-refractivity contribution in [2.24, 2.45) is 5.92 Å². The summed E-state index contributed by atoms with van der Waals surface area (Å²) in [6.45, 7) is 13.4. The average molecular weight is 229 g/mol. The van der Waals surface area contributed by atoms with Gasteiger partial charge in [0.1, 0.15) is 0 Å². The van der Waals surface area contributed by atoms with Crippen LogP contribution in [0.4, 0.5) is 0 Å². The Balaban J connectivity index is 3.90. The van der Waals surface area contributed by atoms with Gasteiger partial charge >= 0.3 is 0 Å². The smallest absolute Gasteiger partial charge is 0.0637 e. The molecule has 2 nitrogen and oxygen atoms in total. The van der Waals surface area contributed by atoms with Gasteiger partial charge in [-0.25, -0.2) is 0 Å². The van der Waals surface area contributed by atoms with Gasteiger partial charge in [-0.1, -0.05) is 20.3 Å². The molecule has 0 rings (SSSR count). The molecule has 2 heteroatoms. The van der Waals surface area contributed by atoms with Gasteiger partial charge in [-0.2, -0.15) is 0 Å². The van der Waals surface area contributed by atoms with Crippen molar-refractivity contribution < 1.29 is 4.74 Å². The second kappa shape index (κ2) is 7.29. The molecule has 0 aliphatic carbocycles. The summed E-state index contributed by atoms with van der Waals surface area (Å²) >= 11 is 0. The van der Waals surface area contributed by atoms with E-state index in [1.54, 1.807) is 7.11 Å². The van der Waals surface area contributed by atoms with Gasteiger partial charge in [-0.3, -0.25) is 0 Å². The molecule has 0 fully saturated rings. The average Bonchev–Trinajstić information content (AvgIpc) is 2.16. The zero-order chi connectivity index (χ0) is 12.8. The highest BCUT2D eigenvalue weighted by Crippen LogP contribution is 2.17. The lowest BCUT2D eigenvalue weighted by molar-refractivity contribution is 0.00766. The minimum atomic E-state index is -0.0253. The fourth-order valence-corrected chi connectivity index (χ4v) is 2.20. The standard InChI is InChI=1S/C14H31NO/c1-8-11(2)9-12(3)15-13(4)10-14(5,6)16-7/h11-13,15H,8-10H2,1-7H3. The molecule has 3 atom stereocenters. The minimum absolute atomic E-state index is 0.0253. The molecule has 0 saturated carbocycles. The number of rotatable bonds is 8. The summed E-state index contributed by atoms with van der Waals surface area (Å²) in [6.07, 6.45) is 3.58. The van der Waals surface area contributed by atoms with Crippen LogP contribution in [0.1, 0.15) is 60.8 Å². The Morgan fingerprint density at radius 2 is 1.69 bits per heavy atom. The Hall–Kier alpha value is -0.0800. The van der Waals surface area contributed by atoms with E-state index in [2.05, 4.69) is 46.9 Å². The lowest BCUT2D eigenvalue weighted by Gasteiger charge is -2.29. The number of hydrogen-bond donors (Lipinski definition) is 1. The van der Waals surface area contributed by atoms with Crippen molar-refractivity contribution in [1.29, 1.82) is 0 Å². The highest BCUT2D eigenvalue weighted by Gasteiger charge is 2.21. The van der Waals surface area contributed by atoms with Crippen molar-refractivity contribution in [3.63, 3.8) is 0 Å². The van der Waals surface area contributed by atoms with Crippen LogP contribution in [0, 0.1) is 5.92 Å². The molecule has 1 N–H and O–H groups in total. The lowest BCUT2D eigenvalue weighted by atomic mass is 9.97. The molecule has 0 bridgehead atoms. The van der Waals surface area contributed by atoms with Crippen LogP contribution in [0.5, 0.6) is 0 Å². The van der Waals surface area contributed by atoms with E-state index in [4.69, 9.17) is 4.74 Å². The molecule has 0 radical (unpaired) electrons. The quantitative estimate of drug-likeness (QED) is 0.686. The van der Waals surface area contributed by atoms with Gasteiger partial charge in [0, 0.05) is 19.2 Å². The number of nitrogens with one attached hydrogen (secondary N) is 1. The Kier molecular flexibility index (Phi) is 7.25. The monoisotopic (exact) mass is 229 g/mol. The second-order valence-electron chi connectivity index (χ2n) is 5.89. The van der Waals surface area contributed by atoms with E-state index in [1.165, 1.54) is 12.8 Å². The molecule has 0 aromatic carbocycles. The third-order valence-electron chi connectivity index (χ3n) is 3.37. The third-order valence-corrected chi connectivity index (χ3v) is 3.37. The molecule has 0 aromatic heterocycles. The molecule has 0 heterocycles. The van der Waals surface area contributed by atoms with Gasteiger partial charge in [-0.15, -0.1) is 0 Å². The maximum absolute atomic E-state index is 5.45. The Morgan fingerprint density at radius 3 is 2.12 bits per heavy atom. The van der Waals surface area contributed by atoms with Crippen molar-refractivity contribution in [2.45, 2.75) is 78.5 Å². The molecule has 98 valence electrons. The van der Waals surface area contributed by atoms with Gasteiger partial charge < -0.3 is 10.1 Å². The van der Waals surface area contributed by atoms with Crippen molar-refractivity contribution in [3.8, 4) is 0 Å². The SMILES string of the molecule is CCC(C)CC(C)NC(C)CC(C)(C)OC. The van der Waals surface area contributed by atoms with Crippen molar-refractivity contribution in [1.82, 2.24) is 5.32 Å². The molecule has 0 aliphatic heterocycles. The molecule has 16 heavy (non-hydrogen) atoms. The summed E-state index contributed by atoms with van der Waals surface area (Å²) in [6, 6.07) is 1.10. The fraction of sp³-hybridized carbons (Fsp3) is 1.00. The van der Waals surface area contributed by atoms with E-state index in [9.17, 15) is 0 Å². The topological polar surface area (TPSA) is 21.3 Å². The molecule has 0 amide bonds. The Bertz CT molecular complexity index is 180. The van der Waals surface area contributed by atoms with Crippen LogP contribution >= 0.6 is 0 Å². The summed E-state index contributed by atoms with van der Waals surface area (Å²) in [4.78, 5) is 0. The molecule has 0 aromatic rings. The van der Waals surface area contributed by atoms with E-state index in [1.807, 2.05) is 0 Å². The Labute approximate surface area is 102 Å². The van der Waals surface area contributed by atoms with E-state index in [0.717, 1.165) is 12.3 Å². The van der Waals surface area contributed by atoms with Gasteiger partial charge in [0.05, 0.1) is 5.60 Å². The van der Waals surface area contributed by atoms with Crippen LogP contribution in [0.15, 0.2) is 0 Å². The summed E-state index contributed by atoms with van der Waals surface area (Å²) in [7, 11) is 1.79. The zero-order valence-electron chi connectivity index (χ0n) is 12.3. The van der Waals surface area contributed by atoms with Crippen LogP contribution in [0.2, 0.25) is 0 Å². The van der Waals surface area contributed by atoms with E-state index in [0.29, 0.717) is 12.1 Å². The summed E-state index contributed by atoms with van der Waals surface area (Å²) in [5, 5.41) is 3.66. The zero-order valence-corrected chi connectivity index (χ0v) is 12.3. The van der Waals surface area contributed by atoms with Crippen molar-refractivity contribution >= 4 is 0 Å². The number of ether oxygens (including phenoxy) is 1. The highest BCUT2D eigenvalue weighted by atomic mass is 16.5. The van der Waals surface area contributed by atoms with Crippen LogP contribution in [0.3, 0.4) is 0 Å². The first-order valence-electron chi connectivity index (χ1n) is 6.62. The first-order valence-corrected chi connectivity index (χ1v) is 6.62. The van der Waals surface area contributed by atoms with Crippen LogP contribution in [0.25, 0.3) is 0 Å². The normalized spacial score (nSPS) is 18.2. The second-order valence-corrected chi connectivity index (χ2v) is 5.89. The molecule has 0 saturated heterocycles. The maximum Gasteiger partial charge on any atom is 0.0637 e. The molecule has 0 spiro atoms. The predicted octanol–water partition coefficient (Wildman–Crippen LogP) is 3.60. The van der Waals surface area contributed by atoms with E-state index in [-0.39, 0.29) is 5.60 Å². The van der Waals surface area contributed by atoms with Crippen LogP contribution in [-0.2, 0) is 4.74 Å². The van der Waals surface area contributed by atoms with E-state index < -0.39 is 0 Å².